The van der Waals surface area contributed by atoms with E-state index in [1.807, 2.05) is 24.3 Å². The zero-order chi connectivity index (χ0) is 24.8. The lowest BCUT2D eigenvalue weighted by Crippen LogP contribution is -2.21. The lowest BCUT2D eigenvalue weighted by molar-refractivity contribution is -0.118. The first-order valence-electron chi connectivity index (χ1n) is 10.9. The highest BCUT2D eigenvalue weighted by molar-refractivity contribution is 5.97. The largest absolute Gasteiger partial charge is 0.497 e. The fourth-order valence-corrected chi connectivity index (χ4v) is 3.48. The molecule has 4 aromatic rings. The third kappa shape index (κ3) is 5.55. The van der Waals surface area contributed by atoms with E-state index in [4.69, 9.17) is 19.2 Å². The van der Waals surface area contributed by atoms with E-state index in [9.17, 15) is 14.0 Å². The number of nitrogens with zero attached hydrogens (tertiary/aromatic N) is 1. The summed E-state index contributed by atoms with van der Waals surface area (Å²) in [7, 11) is 1.58. The Morgan fingerprint density at radius 2 is 1.83 bits per heavy atom. The number of ether oxygens (including phenoxy) is 3. The molecule has 4 rings (SSSR count). The molecule has 178 valence electrons. The van der Waals surface area contributed by atoms with Crippen LogP contribution in [0.3, 0.4) is 0 Å². The lowest BCUT2D eigenvalue weighted by Gasteiger charge is -2.13. The van der Waals surface area contributed by atoms with Gasteiger partial charge in [-0.3, -0.25) is 4.79 Å². The summed E-state index contributed by atoms with van der Waals surface area (Å²) >= 11 is 0. The fourth-order valence-electron chi connectivity index (χ4n) is 3.48. The van der Waals surface area contributed by atoms with Gasteiger partial charge in [0.15, 0.2) is 6.61 Å². The summed E-state index contributed by atoms with van der Waals surface area (Å²) in [6, 6.07) is 19.8. The van der Waals surface area contributed by atoms with Gasteiger partial charge in [0, 0.05) is 17.0 Å². The number of hydrogen-bond donors (Lipinski definition) is 1. The van der Waals surface area contributed by atoms with E-state index in [0.717, 1.165) is 5.56 Å². The molecule has 3 aromatic carbocycles. The number of benzene rings is 3. The maximum atomic E-state index is 13.9. The van der Waals surface area contributed by atoms with Crippen LogP contribution < -0.4 is 14.8 Å². The summed E-state index contributed by atoms with van der Waals surface area (Å²) in [5.41, 5.74) is 2.31. The molecule has 1 N–H and O–H groups in total. The molecule has 0 aliphatic carbocycles. The van der Waals surface area contributed by atoms with Gasteiger partial charge in [0.1, 0.15) is 17.3 Å². The minimum absolute atomic E-state index is 0.0577. The molecule has 1 aromatic heterocycles. The zero-order valence-electron chi connectivity index (χ0n) is 19.2. The van der Waals surface area contributed by atoms with E-state index in [1.54, 1.807) is 44.4 Å². The third-order valence-electron chi connectivity index (χ3n) is 5.15. The highest BCUT2D eigenvalue weighted by atomic mass is 19.1. The minimum Gasteiger partial charge on any atom is -0.497 e. The summed E-state index contributed by atoms with van der Waals surface area (Å²) in [6.07, 6.45) is 0. The van der Waals surface area contributed by atoms with Gasteiger partial charge in [-0.15, -0.1) is 0 Å². The Bertz CT molecular complexity index is 1390. The van der Waals surface area contributed by atoms with Gasteiger partial charge in [0.05, 0.1) is 36.2 Å². The molecule has 8 heteroatoms. The van der Waals surface area contributed by atoms with Gasteiger partial charge < -0.3 is 19.5 Å². The molecule has 0 saturated carbocycles. The molecular formula is C27H23FN2O5. The monoisotopic (exact) mass is 474 g/mol. The summed E-state index contributed by atoms with van der Waals surface area (Å²) in [6.45, 7) is 1.59. The number of carbonyl (C=O) groups is 2. The molecule has 0 radical (unpaired) electrons. The van der Waals surface area contributed by atoms with Crippen molar-refractivity contribution in [1.82, 2.24) is 4.98 Å². The number of fused-ring (bicyclic) bond motifs is 1. The molecular weight excluding hydrogens is 451 g/mol. The molecule has 0 aliphatic rings. The molecule has 0 spiro atoms. The average molecular weight is 474 g/mol. The lowest BCUT2D eigenvalue weighted by atomic mass is 10.1. The van der Waals surface area contributed by atoms with Crippen molar-refractivity contribution in [1.29, 1.82) is 0 Å². The van der Waals surface area contributed by atoms with Gasteiger partial charge in [-0.25, -0.2) is 14.2 Å². The fraction of sp³-hybridized carbons (Fsp3) is 0.148. The Morgan fingerprint density at radius 3 is 2.60 bits per heavy atom. The van der Waals surface area contributed by atoms with Crippen LogP contribution in [0.4, 0.5) is 10.1 Å². The maximum absolute atomic E-state index is 13.9. The molecule has 1 heterocycles. The number of nitrogens with one attached hydrogen (secondary N) is 1. The van der Waals surface area contributed by atoms with Crippen LogP contribution in [0, 0.1) is 5.82 Å². The number of anilines is 1. The number of aromatic nitrogens is 1. The molecule has 0 unspecified atom stereocenters. The Balaban J connectivity index is 1.69. The van der Waals surface area contributed by atoms with Crippen molar-refractivity contribution in [3.05, 3.63) is 84.2 Å². The highest BCUT2D eigenvalue weighted by Crippen LogP contribution is 2.32. The number of carbonyl (C=O) groups excluding carboxylic acids is 2. The normalized spacial score (nSPS) is 10.6. The molecule has 0 atom stereocenters. The summed E-state index contributed by atoms with van der Waals surface area (Å²) in [5, 5.41) is 3.02. The maximum Gasteiger partial charge on any atom is 0.338 e. The molecule has 0 bridgehead atoms. The van der Waals surface area contributed by atoms with Crippen LogP contribution in [-0.4, -0.2) is 37.2 Å². The summed E-state index contributed by atoms with van der Waals surface area (Å²) < 4.78 is 30.1. The van der Waals surface area contributed by atoms with Crippen molar-refractivity contribution in [3.63, 3.8) is 0 Å². The number of para-hydroxylation sites is 1. The van der Waals surface area contributed by atoms with Gasteiger partial charge >= 0.3 is 5.97 Å². The molecule has 1 amide bonds. The SMILES string of the molecule is CCOC(=O)c1ccc2nc(-c3cccc(OC)c3)cc(OCC(=O)Nc3ccccc3F)c2c1. The van der Waals surface area contributed by atoms with E-state index in [1.165, 1.54) is 18.2 Å². The van der Waals surface area contributed by atoms with E-state index < -0.39 is 17.7 Å². The van der Waals surface area contributed by atoms with E-state index in [-0.39, 0.29) is 18.9 Å². The van der Waals surface area contributed by atoms with Gasteiger partial charge in [-0.1, -0.05) is 24.3 Å². The van der Waals surface area contributed by atoms with Crippen molar-refractivity contribution in [2.45, 2.75) is 6.92 Å². The number of amides is 1. The molecule has 7 nitrogen and oxygen atoms in total. The second-order valence-corrected chi connectivity index (χ2v) is 7.51. The van der Waals surface area contributed by atoms with Crippen molar-refractivity contribution < 1.29 is 28.2 Å². The van der Waals surface area contributed by atoms with Gasteiger partial charge in [0.25, 0.3) is 5.91 Å². The second-order valence-electron chi connectivity index (χ2n) is 7.51. The molecule has 0 saturated heterocycles. The Labute approximate surface area is 201 Å². The number of halogens is 1. The van der Waals surface area contributed by atoms with Crippen LogP contribution >= 0.6 is 0 Å². The predicted octanol–water partition coefficient (Wildman–Crippen LogP) is 5.24. The van der Waals surface area contributed by atoms with Crippen LogP contribution in [0.2, 0.25) is 0 Å². The van der Waals surface area contributed by atoms with E-state index >= 15 is 0 Å². The summed E-state index contributed by atoms with van der Waals surface area (Å²) in [4.78, 5) is 29.4. The summed E-state index contributed by atoms with van der Waals surface area (Å²) in [5.74, 6) is -0.565. The van der Waals surface area contributed by atoms with Crippen molar-refractivity contribution >= 4 is 28.5 Å². The number of rotatable bonds is 8. The predicted molar refractivity (Wildman–Crippen MR) is 130 cm³/mol. The average Bonchev–Trinajstić information content (AvgIpc) is 2.88. The topological polar surface area (TPSA) is 86.8 Å². The van der Waals surface area contributed by atoms with Crippen LogP contribution in [0.25, 0.3) is 22.2 Å². The van der Waals surface area contributed by atoms with Crippen LogP contribution in [0.5, 0.6) is 11.5 Å². The first-order valence-corrected chi connectivity index (χ1v) is 10.9. The molecule has 0 aliphatic heterocycles. The minimum atomic E-state index is -0.547. The second kappa shape index (κ2) is 10.6. The highest BCUT2D eigenvalue weighted by Gasteiger charge is 2.15. The smallest absolute Gasteiger partial charge is 0.338 e. The standard InChI is InChI=1S/C27H23FN2O5/c1-3-34-27(32)18-11-12-22-20(14-18)25(15-24(29-22)17-7-6-8-19(13-17)33-2)35-16-26(31)30-23-10-5-4-9-21(23)28/h4-15H,3,16H2,1-2H3,(H,30,31). The first kappa shape index (κ1) is 23.7. The van der Waals surface area contributed by atoms with Crippen molar-refractivity contribution in [3.8, 4) is 22.8 Å². The Morgan fingerprint density at radius 1 is 1.00 bits per heavy atom. The van der Waals surface area contributed by atoms with Crippen LogP contribution in [0.15, 0.2) is 72.8 Å². The van der Waals surface area contributed by atoms with Crippen molar-refractivity contribution in [2.75, 3.05) is 25.6 Å². The molecule has 35 heavy (non-hydrogen) atoms. The van der Waals surface area contributed by atoms with Gasteiger partial charge in [-0.2, -0.15) is 0 Å². The first-order chi connectivity index (χ1) is 17.0. The van der Waals surface area contributed by atoms with Crippen LogP contribution in [-0.2, 0) is 9.53 Å². The third-order valence-corrected chi connectivity index (χ3v) is 5.15. The number of pyridine rings is 1. The number of methoxy groups -OCH3 is 1. The Hall–Kier alpha value is -4.46. The van der Waals surface area contributed by atoms with Crippen molar-refractivity contribution in [2.24, 2.45) is 0 Å². The quantitative estimate of drug-likeness (QED) is 0.351. The van der Waals surface area contributed by atoms with Crippen LogP contribution in [0.1, 0.15) is 17.3 Å². The van der Waals surface area contributed by atoms with Gasteiger partial charge in [-0.05, 0) is 49.4 Å². The van der Waals surface area contributed by atoms with E-state index in [2.05, 4.69) is 5.32 Å². The van der Waals surface area contributed by atoms with Gasteiger partial charge in [0.2, 0.25) is 0 Å². The number of hydrogen-bond acceptors (Lipinski definition) is 6. The molecule has 0 fully saturated rings. The zero-order valence-corrected chi connectivity index (χ0v) is 19.2. The van der Waals surface area contributed by atoms with E-state index in [0.29, 0.717) is 33.7 Å². The Kier molecular flexibility index (Phi) is 7.21. The number of esters is 1.